The van der Waals surface area contributed by atoms with Crippen molar-refractivity contribution in [2.24, 2.45) is 0 Å². The Hall–Kier alpha value is -3.31. The average molecular weight is 422 g/mol. The van der Waals surface area contributed by atoms with Gasteiger partial charge in [0.15, 0.2) is 0 Å². The monoisotopic (exact) mass is 421 g/mol. The third-order valence-corrected chi connectivity index (χ3v) is 5.27. The van der Waals surface area contributed by atoms with Gasteiger partial charge in [0, 0.05) is 10.9 Å². The molecule has 0 spiro atoms. The summed E-state index contributed by atoms with van der Waals surface area (Å²) in [6.07, 6.45) is -0.0462. The van der Waals surface area contributed by atoms with E-state index >= 15 is 0 Å². The molecule has 3 aromatic rings. The van der Waals surface area contributed by atoms with E-state index in [1.165, 1.54) is 0 Å². The minimum Gasteiger partial charge on any atom is -0.491 e. The second kappa shape index (κ2) is 9.01. The van der Waals surface area contributed by atoms with Gasteiger partial charge in [-0.25, -0.2) is 4.79 Å². The minimum absolute atomic E-state index is 0.0198. The van der Waals surface area contributed by atoms with Crippen LogP contribution in [0, 0.1) is 0 Å². The lowest BCUT2D eigenvalue weighted by atomic mass is 9.98. The number of benzene rings is 3. The maximum Gasteiger partial charge on any atom is 0.407 e. The molecule has 5 nitrogen and oxygen atoms in total. The zero-order valence-electron chi connectivity index (χ0n) is 16.1. The van der Waals surface area contributed by atoms with Gasteiger partial charge in [0.25, 0.3) is 0 Å². The van der Waals surface area contributed by atoms with Crippen LogP contribution in [0.4, 0.5) is 4.79 Å². The largest absolute Gasteiger partial charge is 0.491 e. The van der Waals surface area contributed by atoms with Crippen LogP contribution in [-0.2, 0) is 9.53 Å². The van der Waals surface area contributed by atoms with Crippen molar-refractivity contribution in [2.75, 3.05) is 13.2 Å². The molecule has 0 fully saturated rings. The normalized spacial score (nSPS) is 13.1. The number of nitrogens with one attached hydrogen (secondary N) is 1. The number of hydrogen-bond acceptors (Lipinski definition) is 4. The molecule has 0 aliphatic heterocycles. The van der Waals surface area contributed by atoms with E-state index in [0.29, 0.717) is 17.1 Å². The van der Waals surface area contributed by atoms with Gasteiger partial charge in [0.1, 0.15) is 31.3 Å². The molecule has 0 aromatic heterocycles. The zero-order chi connectivity index (χ0) is 20.9. The van der Waals surface area contributed by atoms with Gasteiger partial charge in [0.2, 0.25) is 0 Å². The van der Waals surface area contributed by atoms with Crippen molar-refractivity contribution in [3.05, 3.63) is 88.9 Å². The number of carbonyl (C=O) groups is 2. The van der Waals surface area contributed by atoms with E-state index in [9.17, 15) is 9.59 Å². The van der Waals surface area contributed by atoms with Crippen molar-refractivity contribution < 1.29 is 19.1 Å². The van der Waals surface area contributed by atoms with E-state index in [2.05, 4.69) is 17.4 Å². The Morgan fingerprint density at radius 1 is 1.00 bits per heavy atom. The van der Waals surface area contributed by atoms with Gasteiger partial charge in [0.05, 0.1) is 0 Å². The molecule has 0 heterocycles. The van der Waals surface area contributed by atoms with Gasteiger partial charge in [-0.2, -0.15) is 0 Å². The lowest BCUT2D eigenvalue weighted by molar-refractivity contribution is -0.110. The number of fused-ring (bicyclic) bond motifs is 3. The Morgan fingerprint density at radius 2 is 1.67 bits per heavy atom. The third-order valence-electron chi connectivity index (χ3n) is 5.04. The highest BCUT2D eigenvalue weighted by molar-refractivity contribution is 6.30. The fraction of sp³-hybridized carbons (Fsp3) is 0.167. The molecule has 1 unspecified atom stereocenters. The molecule has 152 valence electrons. The lowest BCUT2D eigenvalue weighted by Gasteiger charge is -2.17. The fourth-order valence-electron chi connectivity index (χ4n) is 3.65. The maximum absolute atomic E-state index is 12.3. The van der Waals surface area contributed by atoms with Crippen LogP contribution in [0.15, 0.2) is 72.8 Å². The Kier molecular flexibility index (Phi) is 6.00. The Bertz CT molecular complexity index is 1020. The van der Waals surface area contributed by atoms with E-state index in [4.69, 9.17) is 21.1 Å². The summed E-state index contributed by atoms with van der Waals surface area (Å²) in [5, 5.41) is 3.06. The van der Waals surface area contributed by atoms with E-state index in [1.807, 2.05) is 36.4 Å². The summed E-state index contributed by atoms with van der Waals surface area (Å²) in [4.78, 5) is 23.6. The number of amides is 1. The van der Waals surface area contributed by atoms with Crippen molar-refractivity contribution in [1.82, 2.24) is 5.32 Å². The Labute approximate surface area is 179 Å². The van der Waals surface area contributed by atoms with Crippen LogP contribution < -0.4 is 10.1 Å². The number of hydrogen-bond donors (Lipinski definition) is 1. The number of rotatable bonds is 7. The molecule has 30 heavy (non-hydrogen) atoms. The molecule has 1 N–H and O–H groups in total. The van der Waals surface area contributed by atoms with Crippen LogP contribution in [0.3, 0.4) is 0 Å². The van der Waals surface area contributed by atoms with Crippen LogP contribution in [0.25, 0.3) is 11.1 Å². The first kappa shape index (κ1) is 20.0. The number of aldehydes is 1. The smallest absolute Gasteiger partial charge is 0.407 e. The van der Waals surface area contributed by atoms with Crippen molar-refractivity contribution in [1.29, 1.82) is 0 Å². The first-order valence-corrected chi connectivity index (χ1v) is 9.98. The SMILES string of the molecule is O=CC(COc1cccc(Cl)c1)NC(=O)OCC1c2ccccc2-c2ccccc21. The standard InChI is InChI=1S/C24H20ClNO4/c25-16-6-5-7-18(12-16)29-14-17(13-27)26-24(28)30-15-23-21-10-3-1-8-19(21)20-9-2-4-11-22(20)23/h1-13,17,23H,14-15H2,(H,26,28). The summed E-state index contributed by atoms with van der Waals surface area (Å²) in [7, 11) is 0. The summed E-state index contributed by atoms with van der Waals surface area (Å²) in [6.45, 7) is 0.161. The molecule has 0 bridgehead atoms. The molecular weight excluding hydrogens is 402 g/mol. The lowest BCUT2D eigenvalue weighted by Crippen LogP contribution is -2.41. The highest BCUT2D eigenvalue weighted by Crippen LogP contribution is 2.44. The van der Waals surface area contributed by atoms with Crippen molar-refractivity contribution in [3.8, 4) is 16.9 Å². The number of halogens is 1. The van der Waals surface area contributed by atoms with Crippen molar-refractivity contribution in [3.63, 3.8) is 0 Å². The molecule has 1 atom stereocenters. The Balaban J connectivity index is 1.36. The van der Waals surface area contributed by atoms with Gasteiger partial charge >= 0.3 is 6.09 Å². The van der Waals surface area contributed by atoms with Crippen LogP contribution >= 0.6 is 11.6 Å². The van der Waals surface area contributed by atoms with Gasteiger partial charge in [-0.05, 0) is 40.5 Å². The molecule has 1 aliphatic rings. The Morgan fingerprint density at radius 3 is 2.30 bits per heavy atom. The molecule has 0 saturated heterocycles. The second-order valence-corrected chi connectivity index (χ2v) is 7.42. The van der Waals surface area contributed by atoms with Crippen molar-refractivity contribution in [2.45, 2.75) is 12.0 Å². The molecular formula is C24H20ClNO4. The van der Waals surface area contributed by atoms with E-state index in [0.717, 1.165) is 22.3 Å². The fourth-order valence-corrected chi connectivity index (χ4v) is 3.83. The van der Waals surface area contributed by atoms with Crippen LogP contribution in [0.1, 0.15) is 17.0 Å². The molecule has 0 radical (unpaired) electrons. The summed E-state index contributed by atoms with van der Waals surface area (Å²) < 4.78 is 11.0. The van der Waals surface area contributed by atoms with Crippen LogP contribution in [0.2, 0.25) is 5.02 Å². The van der Waals surface area contributed by atoms with Crippen LogP contribution in [0.5, 0.6) is 5.75 Å². The van der Waals surface area contributed by atoms with Crippen molar-refractivity contribution >= 4 is 24.0 Å². The predicted octanol–water partition coefficient (Wildman–Crippen LogP) is 4.83. The maximum atomic E-state index is 12.3. The summed E-state index contributed by atoms with van der Waals surface area (Å²) in [5.74, 6) is 0.476. The van der Waals surface area contributed by atoms with E-state index < -0.39 is 12.1 Å². The third kappa shape index (κ3) is 4.31. The van der Waals surface area contributed by atoms with Gasteiger partial charge in [-0.15, -0.1) is 0 Å². The molecule has 1 amide bonds. The van der Waals surface area contributed by atoms with Gasteiger partial charge in [-0.1, -0.05) is 66.2 Å². The number of alkyl carbamates (subject to hydrolysis) is 1. The first-order valence-electron chi connectivity index (χ1n) is 9.61. The second-order valence-electron chi connectivity index (χ2n) is 6.98. The zero-order valence-corrected chi connectivity index (χ0v) is 16.8. The van der Waals surface area contributed by atoms with E-state index in [-0.39, 0.29) is 19.1 Å². The van der Waals surface area contributed by atoms with Gasteiger partial charge < -0.3 is 19.6 Å². The predicted molar refractivity (Wildman–Crippen MR) is 115 cm³/mol. The molecule has 1 aliphatic carbocycles. The quantitative estimate of drug-likeness (QED) is 0.555. The van der Waals surface area contributed by atoms with E-state index in [1.54, 1.807) is 24.3 Å². The molecule has 3 aromatic carbocycles. The first-order chi connectivity index (χ1) is 14.7. The minimum atomic E-state index is -0.834. The highest BCUT2D eigenvalue weighted by atomic mass is 35.5. The molecule has 4 rings (SSSR count). The number of carbonyl (C=O) groups excluding carboxylic acids is 2. The topological polar surface area (TPSA) is 64.6 Å². The number of ether oxygens (including phenoxy) is 2. The molecule has 6 heteroatoms. The summed E-state index contributed by atoms with van der Waals surface area (Å²) in [6, 6.07) is 22.2. The average Bonchev–Trinajstić information content (AvgIpc) is 3.09. The molecule has 0 saturated carbocycles. The van der Waals surface area contributed by atoms with Crippen LogP contribution in [-0.4, -0.2) is 31.6 Å². The van der Waals surface area contributed by atoms with Gasteiger partial charge in [-0.3, -0.25) is 0 Å². The highest BCUT2D eigenvalue weighted by Gasteiger charge is 2.29. The summed E-state index contributed by atoms with van der Waals surface area (Å²) >= 11 is 5.91. The summed E-state index contributed by atoms with van der Waals surface area (Å²) in [5.41, 5.74) is 4.57.